The van der Waals surface area contributed by atoms with Gasteiger partial charge in [-0.15, -0.1) is 0 Å². The summed E-state index contributed by atoms with van der Waals surface area (Å²) < 4.78 is 17.0. The second-order valence-corrected chi connectivity index (χ2v) is 9.63. The van der Waals surface area contributed by atoms with Crippen molar-refractivity contribution < 1.29 is 19.0 Å². The Hall–Kier alpha value is -4.16. The van der Waals surface area contributed by atoms with Gasteiger partial charge in [0, 0.05) is 24.9 Å². The lowest BCUT2D eigenvalue weighted by atomic mass is 9.58. The zero-order valence-corrected chi connectivity index (χ0v) is 21.3. The van der Waals surface area contributed by atoms with Crippen molar-refractivity contribution in [3.63, 3.8) is 0 Å². The van der Waals surface area contributed by atoms with Crippen LogP contribution in [0.25, 0.3) is 0 Å². The maximum absolute atomic E-state index is 12.9. The highest BCUT2D eigenvalue weighted by atomic mass is 16.6. The number of hydrogen-bond acceptors (Lipinski definition) is 8. The van der Waals surface area contributed by atoms with Crippen LogP contribution in [0.15, 0.2) is 41.1 Å². The van der Waals surface area contributed by atoms with Crippen molar-refractivity contribution in [3.05, 3.63) is 46.7 Å². The Bertz CT molecular complexity index is 1210. The molecule has 2 unspecified atom stereocenters. The number of ether oxygens (including phenoxy) is 3. The number of hydrogen-bond donors (Lipinski definition) is 1. The third-order valence-corrected chi connectivity index (χ3v) is 6.24. The fourth-order valence-electron chi connectivity index (χ4n) is 4.79. The van der Waals surface area contributed by atoms with Gasteiger partial charge in [0.15, 0.2) is 16.9 Å². The molecule has 0 fully saturated rings. The number of nitrogens with two attached hydrogens (primary N) is 1. The van der Waals surface area contributed by atoms with Gasteiger partial charge in [-0.2, -0.15) is 15.8 Å². The zero-order valence-electron chi connectivity index (χ0n) is 21.3. The second kappa shape index (κ2) is 10.2. The highest BCUT2D eigenvalue weighted by Gasteiger charge is 2.55. The van der Waals surface area contributed by atoms with E-state index in [9.17, 15) is 20.6 Å². The van der Waals surface area contributed by atoms with Crippen LogP contribution in [-0.4, -0.2) is 42.9 Å². The molecule has 1 aromatic rings. The molecule has 2 atom stereocenters. The number of fused-ring (bicyclic) bond motifs is 1. The number of amides is 1. The number of nitriles is 3. The van der Waals surface area contributed by atoms with Gasteiger partial charge in [0.05, 0.1) is 36.6 Å². The van der Waals surface area contributed by atoms with Crippen molar-refractivity contribution in [2.45, 2.75) is 46.1 Å². The summed E-state index contributed by atoms with van der Waals surface area (Å²) in [6.45, 7) is 10.2. The molecule has 0 saturated heterocycles. The topological polar surface area (TPSA) is 145 Å². The van der Waals surface area contributed by atoms with Crippen LogP contribution < -0.4 is 15.2 Å². The normalized spacial score (nSPS) is 20.7. The lowest BCUT2D eigenvalue weighted by molar-refractivity contribution is 0.0224. The van der Waals surface area contributed by atoms with E-state index in [4.69, 9.17) is 19.9 Å². The van der Waals surface area contributed by atoms with Crippen molar-refractivity contribution in [3.8, 4) is 29.7 Å². The predicted molar refractivity (Wildman–Crippen MR) is 131 cm³/mol. The summed E-state index contributed by atoms with van der Waals surface area (Å²) in [5.41, 5.74) is 5.12. The number of benzene rings is 1. The molecular weight excluding hydrogens is 458 g/mol. The third kappa shape index (κ3) is 4.68. The zero-order chi connectivity index (χ0) is 26.7. The van der Waals surface area contributed by atoms with Gasteiger partial charge in [0.25, 0.3) is 0 Å². The van der Waals surface area contributed by atoms with Crippen LogP contribution in [0.2, 0.25) is 0 Å². The third-order valence-electron chi connectivity index (χ3n) is 6.24. The molecule has 0 saturated carbocycles. The number of nitrogens with zero attached hydrogens (tertiary/aromatic N) is 4. The minimum atomic E-state index is -1.83. The molecule has 1 amide bonds. The van der Waals surface area contributed by atoms with Crippen molar-refractivity contribution in [2.24, 2.45) is 17.1 Å². The summed E-state index contributed by atoms with van der Waals surface area (Å²) in [4.78, 5) is 14.4. The first-order valence-electron chi connectivity index (χ1n) is 11.9. The minimum Gasteiger partial charge on any atom is -0.490 e. The molecular formula is C27H31N5O4. The lowest BCUT2D eigenvalue weighted by Gasteiger charge is -2.45. The fraction of sp³-hybridized carbons (Fsp3) is 0.481. The first-order valence-corrected chi connectivity index (χ1v) is 11.9. The van der Waals surface area contributed by atoms with Gasteiger partial charge in [0.1, 0.15) is 11.7 Å². The number of rotatable bonds is 5. The first-order chi connectivity index (χ1) is 17.1. The van der Waals surface area contributed by atoms with E-state index in [1.54, 1.807) is 45.0 Å². The van der Waals surface area contributed by atoms with Gasteiger partial charge >= 0.3 is 6.09 Å². The van der Waals surface area contributed by atoms with Gasteiger partial charge in [-0.3, -0.25) is 0 Å². The average Bonchev–Trinajstić information content (AvgIpc) is 2.83. The second-order valence-electron chi connectivity index (χ2n) is 9.63. The molecule has 0 aromatic heterocycles. The molecule has 0 radical (unpaired) electrons. The molecule has 188 valence electrons. The van der Waals surface area contributed by atoms with Crippen molar-refractivity contribution in [1.29, 1.82) is 15.8 Å². The molecule has 2 N–H and O–H groups in total. The monoisotopic (exact) mass is 489 g/mol. The molecule has 2 aliphatic rings. The Morgan fingerprint density at radius 2 is 1.78 bits per heavy atom. The number of carbonyl (C=O) groups excluding carboxylic acids is 1. The molecule has 1 heterocycles. The van der Waals surface area contributed by atoms with E-state index in [1.807, 2.05) is 13.8 Å². The molecule has 9 nitrogen and oxygen atoms in total. The summed E-state index contributed by atoms with van der Waals surface area (Å²) in [6, 6.07) is 11.6. The molecule has 0 spiro atoms. The van der Waals surface area contributed by atoms with Crippen LogP contribution in [-0.2, 0) is 4.74 Å². The number of allylic oxidation sites excluding steroid dienone is 2. The van der Waals surface area contributed by atoms with Crippen LogP contribution in [0.4, 0.5) is 4.79 Å². The smallest absolute Gasteiger partial charge is 0.410 e. The Morgan fingerprint density at radius 3 is 2.33 bits per heavy atom. The van der Waals surface area contributed by atoms with Gasteiger partial charge in [-0.1, -0.05) is 12.1 Å². The summed E-state index contributed by atoms with van der Waals surface area (Å²) in [6.07, 6.45) is 1.24. The maximum atomic E-state index is 12.9. The van der Waals surface area contributed by atoms with Crippen molar-refractivity contribution in [2.75, 3.05) is 26.3 Å². The molecule has 1 aliphatic heterocycles. The van der Waals surface area contributed by atoms with Crippen LogP contribution in [0, 0.1) is 45.3 Å². The highest BCUT2D eigenvalue weighted by molar-refractivity contribution is 5.70. The number of carbonyl (C=O) groups is 1. The Morgan fingerprint density at radius 1 is 1.14 bits per heavy atom. The fourth-order valence-corrected chi connectivity index (χ4v) is 4.79. The molecule has 1 aliphatic carbocycles. The van der Waals surface area contributed by atoms with E-state index in [-0.39, 0.29) is 24.4 Å². The molecule has 9 heteroatoms. The summed E-state index contributed by atoms with van der Waals surface area (Å²) in [5.74, 6) is -0.328. The molecule has 1 aromatic carbocycles. The quantitative estimate of drug-likeness (QED) is 0.649. The molecule has 3 rings (SSSR count). The Kier molecular flexibility index (Phi) is 7.51. The van der Waals surface area contributed by atoms with E-state index in [0.29, 0.717) is 35.8 Å². The highest BCUT2D eigenvalue weighted by Crippen LogP contribution is 2.55. The summed E-state index contributed by atoms with van der Waals surface area (Å²) >= 11 is 0. The van der Waals surface area contributed by atoms with Crippen LogP contribution in [0.5, 0.6) is 11.5 Å². The van der Waals surface area contributed by atoms with E-state index in [2.05, 4.69) is 18.2 Å². The van der Waals surface area contributed by atoms with E-state index >= 15 is 0 Å². The van der Waals surface area contributed by atoms with Crippen LogP contribution >= 0.6 is 0 Å². The Balaban J connectivity index is 2.22. The van der Waals surface area contributed by atoms with E-state index in [1.165, 1.54) is 4.90 Å². The lowest BCUT2D eigenvalue weighted by Crippen LogP contribution is -2.50. The van der Waals surface area contributed by atoms with Gasteiger partial charge in [0.2, 0.25) is 0 Å². The average molecular weight is 490 g/mol. The van der Waals surface area contributed by atoms with Gasteiger partial charge in [-0.25, -0.2) is 4.79 Å². The van der Waals surface area contributed by atoms with E-state index in [0.717, 1.165) is 0 Å². The van der Waals surface area contributed by atoms with Gasteiger partial charge in [-0.05, 0) is 57.9 Å². The molecule has 36 heavy (non-hydrogen) atoms. The molecule has 0 bridgehead atoms. The first kappa shape index (κ1) is 26.4. The minimum absolute atomic E-state index is 0.0833. The predicted octanol–water partition coefficient (Wildman–Crippen LogP) is 4.14. The van der Waals surface area contributed by atoms with Crippen molar-refractivity contribution in [1.82, 2.24) is 4.90 Å². The maximum Gasteiger partial charge on any atom is 0.410 e. The largest absolute Gasteiger partial charge is 0.490 e. The van der Waals surface area contributed by atoms with E-state index < -0.39 is 28.9 Å². The SMILES string of the molecule is CCOc1ccc(C2C3CN(C(=O)OC(C)(C)C)CC=C3C(C#N)=C(N)C2(C#N)C#N)cc1OCC. The van der Waals surface area contributed by atoms with Crippen LogP contribution in [0.3, 0.4) is 0 Å². The Labute approximate surface area is 211 Å². The standard InChI is InChI=1S/C27H31N5O4/c1-6-34-21-9-8-17(12-22(21)35-7-2)23-20-14-32(25(33)36-26(3,4)5)11-10-18(20)19(13-28)24(31)27(23,15-29)16-30/h8-10,12,20,23H,6-7,11,14,31H2,1-5H3. The van der Waals surface area contributed by atoms with Crippen molar-refractivity contribution >= 4 is 6.09 Å². The van der Waals surface area contributed by atoms with Gasteiger partial charge < -0.3 is 24.8 Å². The summed E-state index contributed by atoms with van der Waals surface area (Å²) in [5, 5.41) is 30.5. The van der Waals surface area contributed by atoms with Crippen LogP contribution in [0.1, 0.15) is 46.1 Å². The summed E-state index contributed by atoms with van der Waals surface area (Å²) in [7, 11) is 0.